The molecule has 5 heteroatoms. The Balaban J connectivity index is 2.83. The summed E-state index contributed by atoms with van der Waals surface area (Å²) in [6.45, 7) is 0. The van der Waals surface area contributed by atoms with E-state index in [9.17, 15) is 0 Å². The van der Waals surface area contributed by atoms with E-state index < -0.39 is 0 Å². The second kappa shape index (κ2) is 3.54. The van der Waals surface area contributed by atoms with Crippen LogP contribution in [0.15, 0.2) is 35.6 Å². The fraction of sp³-hybridized carbons (Fsp3) is 0. The van der Waals surface area contributed by atoms with Crippen LogP contribution >= 0.6 is 11.6 Å². The van der Waals surface area contributed by atoms with Crippen molar-refractivity contribution in [2.45, 2.75) is 0 Å². The van der Waals surface area contributed by atoms with Crippen molar-refractivity contribution in [1.29, 1.82) is 0 Å². The summed E-state index contributed by atoms with van der Waals surface area (Å²) in [5.41, 5.74) is 8.33. The maximum Gasteiger partial charge on any atom is 0.134 e. The van der Waals surface area contributed by atoms with Crippen molar-refractivity contribution in [2.75, 3.05) is 0 Å². The Hall–Kier alpha value is -1.77. The van der Waals surface area contributed by atoms with Gasteiger partial charge >= 0.3 is 0 Å². The molecule has 2 rings (SSSR count). The van der Waals surface area contributed by atoms with Gasteiger partial charge in [-0.3, -0.25) is 4.98 Å². The number of rotatable bonds is 1. The van der Waals surface area contributed by atoms with Gasteiger partial charge in [-0.15, -0.1) is 0 Å². The summed E-state index contributed by atoms with van der Waals surface area (Å²) in [6, 6.07) is 7.20. The number of nitrogens with zero attached hydrogens (tertiary/aromatic N) is 4. The predicted octanol–water partition coefficient (Wildman–Crippen LogP) is 3.83. The SMILES string of the molecule is [N-]=[N+]=Nc1nccc2ccc(Cl)cc12. The average Bonchev–Trinajstić information content (AvgIpc) is 2.19. The topological polar surface area (TPSA) is 61.7 Å². The number of azide groups is 1. The zero-order valence-corrected chi connectivity index (χ0v) is 7.81. The van der Waals surface area contributed by atoms with Gasteiger partial charge in [-0.2, -0.15) is 0 Å². The molecule has 0 atom stereocenters. The van der Waals surface area contributed by atoms with Crippen LogP contribution < -0.4 is 0 Å². The van der Waals surface area contributed by atoms with E-state index in [0.29, 0.717) is 10.8 Å². The molecule has 2 aromatic rings. The normalized spacial score (nSPS) is 9.79. The van der Waals surface area contributed by atoms with E-state index in [0.717, 1.165) is 10.8 Å². The van der Waals surface area contributed by atoms with Gasteiger partial charge in [0.25, 0.3) is 0 Å². The predicted molar refractivity (Wildman–Crippen MR) is 55.6 cm³/mol. The molecule has 0 spiro atoms. The lowest BCUT2D eigenvalue weighted by Crippen LogP contribution is -1.77. The van der Waals surface area contributed by atoms with Gasteiger partial charge < -0.3 is 0 Å². The summed E-state index contributed by atoms with van der Waals surface area (Å²) in [5, 5.41) is 5.80. The number of benzene rings is 1. The fourth-order valence-electron chi connectivity index (χ4n) is 1.25. The van der Waals surface area contributed by atoms with Crippen LogP contribution in [0.25, 0.3) is 21.2 Å². The highest BCUT2D eigenvalue weighted by atomic mass is 35.5. The minimum Gasteiger partial charge on any atom is -0.254 e. The number of aromatic nitrogens is 1. The van der Waals surface area contributed by atoms with Crippen LogP contribution in [0, 0.1) is 0 Å². The quantitative estimate of drug-likeness (QED) is 0.396. The maximum atomic E-state index is 8.33. The van der Waals surface area contributed by atoms with Crippen molar-refractivity contribution in [1.82, 2.24) is 4.98 Å². The molecular weight excluding hydrogens is 200 g/mol. The van der Waals surface area contributed by atoms with E-state index in [-0.39, 0.29) is 0 Å². The van der Waals surface area contributed by atoms with Crippen molar-refractivity contribution < 1.29 is 0 Å². The van der Waals surface area contributed by atoms with Crippen LogP contribution in [0.2, 0.25) is 5.02 Å². The van der Waals surface area contributed by atoms with Gasteiger partial charge in [-0.25, -0.2) is 0 Å². The third kappa shape index (κ3) is 1.48. The third-order valence-electron chi connectivity index (χ3n) is 1.85. The van der Waals surface area contributed by atoms with Crippen LogP contribution in [-0.4, -0.2) is 4.98 Å². The zero-order valence-electron chi connectivity index (χ0n) is 7.05. The lowest BCUT2D eigenvalue weighted by atomic mass is 10.2. The molecule has 14 heavy (non-hydrogen) atoms. The first-order chi connectivity index (χ1) is 6.81. The van der Waals surface area contributed by atoms with Gasteiger partial charge in [0, 0.05) is 21.5 Å². The van der Waals surface area contributed by atoms with Gasteiger partial charge in [0.2, 0.25) is 0 Å². The minimum atomic E-state index is 0.354. The van der Waals surface area contributed by atoms with Gasteiger partial charge in [0.05, 0.1) is 0 Å². The summed E-state index contributed by atoms with van der Waals surface area (Å²) in [6.07, 6.45) is 1.60. The van der Waals surface area contributed by atoms with Crippen molar-refractivity contribution in [2.24, 2.45) is 5.11 Å². The van der Waals surface area contributed by atoms with Gasteiger partial charge in [-0.05, 0) is 34.2 Å². The molecule has 4 nitrogen and oxygen atoms in total. The summed E-state index contributed by atoms with van der Waals surface area (Å²) in [4.78, 5) is 6.66. The smallest absolute Gasteiger partial charge is 0.134 e. The first kappa shape index (κ1) is 8.81. The van der Waals surface area contributed by atoms with Crippen LogP contribution in [0.4, 0.5) is 5.82 Å². The number of halogens is 1. The highest BCUT2D eigenvalue weighted by molar-refractivity contribution is 6.31. The molecule has 0 bridgehead atoms. The molecule has 1 aromatic carbocycles. The van der Waals surface area contributed by atoms with Gasteiger partial charge in [0.1, 0.15) is 5.82 Å². The van der Waals surface area contributed by atoms with Crippen LogP contribution in [-0.2, 0) is 0 Å². The van der Waals surface area contributed by atoms with E-state index in [1.165, 1.54) is 0 Å². The van der Waals surface area contributed by atoms with E-state index in [2.05, 4.69) is 15.0 Å². The number of pyridine rings is 1. The Morgan fingerprint density at radius 3 is 3.00 bits per heavy atom. The second-order valence-electron chi connectivity index (χ2n) is 2.69. The number of fused-ring (bicyclic) bond motifs is 1. The fourth-order valence-corrected chi connectivity index (χ4v) is 1.42. The molecule has 0 radical (unpaired) electrons. The minimum absolute atomic E-state index is 0.354. The summed E-state index contributed by atoms with van der Waals surface area (Å²) in [7, 11) is 0. The molecule has 1 heterocycles. The van der Waals surface area contributed by atoms with E-state index in [4.69, 9.17) is 17.1 Å². The second-order valence-corrected chi connectivity index (χ2v) is 3.13. The Morgan fingerprint density at radius 1 is 1.36 bits per heavy atom. The van der Waals surface area contributed by atoms with E-state index >= 15 is 0 Å². The Kier molecular flexibility index (Phi) is 2.23. The van der Waals surface area contributed by atoms with E-state index in [1.807, 2.05) is 12.1 Å². The van der Waals surface area contributed by atoms with Crippen molar-refractivity contribution >= 4 is 28.2 Å². The summed E-state index contributed by atoms with van der Waals surface area (Å²) >= 11 is 5.83. The highest BCUT2D eigenvalue weighted by Gasteiger charge is 2.00. The summed E-state index contributed by atoms with van der Waals surface area (Å²) < 4.78 is 0. The van der Waals surface area contributed by atoms with Crippen LogP contribution in [0.5, 0.6) is 0 Å². The zero-order chi connectivity index (χ0) is 9.97. The molecule has 0 aliphatic carbocycles. The van der Waals surface area contributed by atoms with Crippen molar-refractivity contribution in [3.63, 3.8) is 0 Å². The van der Waals surface area contributed by atoms with E-state index in [1.54, 1.807) is 18.3 Å². The van der Waals surface area contributed by atoms with Crippen molar-refractivity contribution in [3.05, 3.63) is 45.9 Å². The van der Waals surface area contributed by atoms with Gasteiger partial charge in [-0.1, -0.05) is 17.7 Å². The van der Waals surface area contributed by atoms with Crippen LogP contribution in [0.1, 0.15) is 0 Å². The third-order valence-corrected chi connectivity index (χ3v) is 2.08. The molecule has 0 unspecified atom stereocenters. The average molecular weight is 205 g/mol. The molecule has 1 aromatic heterocycles. The Labute approximate surface area is 84.8 Å². The molecule has 68 valence electrons. The first-order valence-corrected chi connectivity index (χ1v) is 4.28. The molecule has 0 saturated carbocycles. The summed E-state index contributed by atoms with van der Waals surface area (Å²) in [5.74, 6) is 0.354. The lowest BCUT2D eigenvalue weighted by Gasteiger charge is -1.99. The largest absolute Gasteiger partial charge is 0.254 e. The number of hydrogen-bond acceptors (Lipinski definition) is 2. The molecule has 0 saturated heterocycles. The molecule has 0 fully saturated rings. The van der Waals surface area contributed by atoms with Gasteiger partial charge in [0.15, 0.2) is 0 Å². The highest BCUT2D eigenvalue weighted by Crippen LogP contribution is 2.26. The molecule has 0 N–H and O–H groups in total. The molecule has 0 aliphatic heterocycles. The molecule has 0 aliphatic rings. The maximum absolute atomic E-state index is 8.33. The Bertz CT molecular complexity index is 531. The monoisotopic (exact) mass is 204 g/mol. The van der Waals surface area contributed by atoms with Crippen LogP contribution in [0.3, 0.4) is 0 Å². The number of hydrogen-bond donors (Lipinski definition) is 0. The Morgan fingerprint density at radius 2 is 2.21 bits per heavy atom. The standard InChI is InChI=1S/C9H5ClN4/c10-7-2-1-6-3-4-12-9(13-14-11)8(6)5-7/h1-5H. The first-order valence-electron chi connectivity index (χ1n) is 3.90. The van der Waals surface area contributed by atoms with Crippen molar-refractivity contribution in [3.8, 4) is 0 Å². The molecular formula is C9H5ClN4. The lowest BCUT2D eigenvalue weighted by molar-refractivity contribution is 1.29. The molecule has 0 amide bonds.